The van der Waals surface area contributed by atoms with Gasteiger partial charge in [0.15, 0.2) is 5.82 Å². The molecule has 1 saturated heterocycles. The zero-order valence-corrected chi connectivity index (χ0v) is 19.3. The van der Waals surface area contributed by atoms with Gasteiger partial charge in [-0.2, -0.15) is 5.21 Å². The number of unbranched alkanes of at least 4 members (excludes halogenated alkanes) is 1. The van der Waals surface area contributed by atoms with Crippen molar-refractivity contribution in [2.45, 2.75) is 19.3 Å². The van der Waals surface area contributed by atoms with Crippen LogP contribution in [0.15, 0.2) is 65.7 Å². The Morgan fingerprint density at radius 1 is 1.06 bits per heavy atom. The molecule has 1 aliphatic rings. The number of H-pyrrole nitrogens is 1. The third-order valence-electron chi connectivity index (χ3n) is 5.42. The first-order valence-electron chi connectivity index (χ1n) is 10.6. The molecule has 2 aromatic heterocycles. The monoisotopic (exact) mass is 472 g/mol. The number of fused-ring (bicyclic) bond motifs is 1. The van der Waals surface area contributed by atoms with E-state index in [1.807, 2.05) is 30.3 Å². The molecule has 9 heteroatoms. The number of tetrazole rings is 1. The van der Waals surface area contributed by atoms with E-state index >= 15 is 0 Å². The predicted octanol–water partition coefficient (Wildman–Crippen LogP) is 4.64. The summed E-state index contributed by atoms with van der Waals surface area (Å²) in [5, 5.41) is 15.0. The number of carbonyl (C=O) groups excluding carboxylic acids is 1. The van der Waals surface area contributed by atoms with Crippen LogP contribution in [0.2, 0.25) is 0 Å². The van der Waals surface area contributed by atoms with Crippen molar-refractivity contribution in [2.24, 2.45) is 0 Å². The van der Waals surface area contributed by atoms with Crippen LogP contribution in [0.5, 0.6) is 0 Å². The van der Waals surface area contributed by atoms with Gasteiger partial charge < -0.3 is 0 Å². The third kappa shape index (κ3) is 4.84. The van der Waals surface area contributed by atoms with E-state index in [1.165, 1.54) is 11.8 Å². The van der Waals surface area contributed by atoms with Crippen LogP contribution in [-0.4, -0.2) is 47.3 Å². The highest BCUT2D eigenvalue weighted by Crippen LogP contribution is 2.33. The molecule has 1 N–H and O–H groups in total. The summed E-state index contributed by atoms with van der Waals surface area (Å²) in [4.78, 5) is 19.7. The zero-order valence-electron chi connectivity index (χ0n) is 17.6. The minimum absolute atomic E-state index is 0.0354. The van der Waals surface area contributed by atoms with E-state index in [4.69, 9.17) is 12.2 Å². The van der Waals surface area contributed by atoms with E-state index in [1.54, 1.807) is 11.1 Å². The third-order valence-corrected chi connectivity index (χ3v) is 6.79. The van der Waals surface area contributed by atoms with Crippen molar-refractivity contribution < 1.29 is 4.79 Å². The van der Waals surface area contributed by atoms with E-state index in [0.717, 1.165) is 46.9 Å². The Labute approximate surface area is 200 Å². The second-order valence-corrected chi connectivity index (χ2v) is 9.33. The lowest BCUT2D eigenvalue weighted by molar-refractivity contribution is -0.122. The van der Waals surface area contributed by atoms with Crippen LogP contribution in [0.3, 0.4) is 0 Å². The van der Waals surface area contributed by atoms with Gasteiger partial charge in [0.25, 0.3) is 5.91 Å². The first-order chi connectivity index (χ1) is 16.2. The molecule has 1 aliphatic heterocycles. The van der Waals surface area contributed by atoms with Crippen molar-refractivity contribution in [3.05, 3.63) is 77.1 Å². The number of nitrogens with zero attached hydrogens (tertiary/aromatic N) is 5. The van der Waals surface area contributed by atoms with Crippen molar-refractivity contribution in [1.29, 1.82) is 0 Å². The van der Waals surface area contributed by atoms with Crippen LogP contribution in [0.25, 0.3) is 28.1 Å². The number of rotatable bonds is 7. The molecular weight excluding hydrogens is 452 g/mol. The fraction of sp³-hybridized carbons (Fsp3) is 0.167. The average molecular weight is 473 g/mol. The molecule has 4 aromatic rings. The molecule has 0 aliphatic carbocycles. The summed E-state index contributed by atoms with van der Waals surface area (Å²) < 4.78 is 0.601. The normalized spacial score (nSPS) is 15.2. The van der Waals surface area contributed by atoms with Gasteiger partial charge in [-0.3, -0.25) is 14.7 Å². The first kappa shape index (κ1) is 21.4. The smallest absolute Gasteiger partial charge is 0.266 e. The lowest BCUT2D eigenvalue weighted by atomic mass is 10.0. The molecule has 2 aromatic carbocycles. The number of thioether (sulfide) groups is 1. The van der Waals surface area contributed by atoms with Gasteiger partial charge in [0, 0.05) is 24.5 Å². The molecular formula is C24H20N6OS2. The Balaban J connectivity index is 1.28. The first-order valence-corrected chi connectivity index (χ1v) is 11.8. The Morgan fingerprint density at radius 2 is 1.97 bits per heavy atom. The van der Waals surface area contributed by atoms with Gasteiger partial charge in [0.1, 0.15) is 4.32 Å². The van der Waals surface area contributed by atoms with Gasteiger partial charge in [-0.15, -0.1) is 10.2 Å². The summed E-state index contributed by atoms with van der Waals surface area (Å²) >= 11 is 6.83. The number of carbonyl (C=O) groups is 1. The molecule has 7 nitrogen and oxygen atoms in total. The average Bonchev–Trinajstić information content (AvgIpc) is 3.45. The van der Waals surface area contributed by atoms with Crippen LogP contribution in [-0.2, 0) is 11.2 Å². The number of hydrogen-bond acceptors (Lipinski definition) is 7. The molecule has 0 radical (unpaired) electrons. The maximum absolute atomic E-state index is 12.9. The topological polar surface area (TPSA) is 87.7 Å². The number of pyridine rings is 1. The van der Waals surface area contributed by atoms with Crippen molar-refractivity contribution in [3.8, 4) is 11.1 Å². The molecule has 0 atom stereocenters. The van der Waals surface area contributed by atoms with Crippen LogP contribution in [0.4, 0.5) is 0 Å². The zero-order chi connectivity index (χ0) is 22.6. The summed E-state index contributed by atoms with van der Waals surface area (Å²) in [7, 11) is 0. The summed E-state index contributed by atoms with van der Waals surface area (Å²) in [5.41, 5.74) is 4.14. The van der Waals surface area contributed by atoms with Gasteiger partial charge in [-0.05, 0) is 59.9 Å². The minimum Gasteiger partial charge on any atom is -0.293 e. The number of aromatic nitrogens is 5. The van der Waals surface area contributed by atoms with E-state index in [-0.39, 0.29) is 5.91 Å². The van der Waals surface area contributed by atoms with E-state index < -0.39 is 0 Å². The molecule has 0 saturated carbocycles. The molecule has 1 fully saturated rings. The highest BCUT2D eigenvalue weighted by Gasteiger charge is 2.31. The molecule has 0 unspecified atom stereocenters. The number of benzene rings is 2. The fourth-order valence-corrected chi connectivity index (χ4v) is 5.06. The molecule has 0 spiro atoms. The Bertz CT molecular complexity index is 1350. The number of hydrogen-bond donors (Lipinski definition) is 1. The van der Waals surface area contributed by atoms with Gasteiger partial charge in [0.05, 0.1) is 10.4 Å². The highest BCUT2D eigenvalue weighted by molar-refractivity contribution is 8.26. The number of amides is 1. The van der Waals surface area contributed by atoms with Gasteiger partial charge >= 0.3 is 0 Å². The van der Waals surface area contributed by atoms with Crippen LogP contribution in [0, 0.1) is 0 Å². The predicted molar refractivity (Wildman–Crippen MR) is 134 cm³/mol. The van der Waals surface area contributed by atoms with Crippen LogP contribution >= 0.6 is 24.0 Å². The van der Waals surface area contributed by atoms with Gasteiger partial charge in [-0.1, -0.05) is 59.5 Å². The summed E-state index contributed by atoms with van der Waals surface area (Å²) in [6, 6.07) is 18.4. The van der Waals surface area contributed by atoms with E-state index in [9.17, 15) is 4.79 Å². The SMILES string of the molecule is O=C1C(=Cc2cccc(-c3ccc4ncccc4c3)c2)SC(=S)N1CCCCc1nn[nH]n1. The maximum Gasteiger partial charge on any atom is 0.266 e. The molecule has 0 bridgehead atoms. The molecule has 33 heavy (non-hydrogen) atoms. The number of aryl methyl sites for hydroxylation is 1. The van der Waals surface area contributed by atoms with E-state index in [2.05, 4.69) is 55.9 Å². The summed E-state index contributed by atoms with van der Waals surface area (Å²) in [5.74, 6) is 0.648. The maximum atomic E-state index is 12.9. The quantitative estimate of drug-likeness (QED) is 0.238. The molecule has 1 amide bonds. The number of aromatic amines is 1. The second kappa shape index (κ2) is 9.60. The lowest BCUT2D eigenvalue weighted by Gasteiger charge is -2.13. The fourth-order valence-electron chi connectivity index (χ4n) is 3.75. The minimum atomic E-state index is -0.0354. The Kier molecular flexibility index (Phi) is 6.23. The Morgan fingerprint density at radius 3 is 2.85 bits per heavy atom. The van der Waals surface area contributed by atoms with Gasteiger partial charge in [0.2, 0.25) is 0 Å². The largest absolute Gasteiger partial charge is 0.293 e. The number of nitrogens with one attached hydrogen (secondary N) is 1. The molecule has 5 rings (SSSR count). The summed E-state index contributed by atoms with van der Waals surface area (Å²) in [6.07, 6.45) is 6.12. The molecule has 164 valence electrons. The summed E-state index contributed by atoms with van der Waals surface area (Å²) in [6.45, 7) is 0.588. The van der Waals surface area contributed by atoms with Crippen LogP contribution in [0.1, 0.15) is 24.2 Å². The van der Waals surface area contributed by atoms with Crippen molar-refractivity contribution >= 4 is 51.2 Å². The van der Waals surface area contributed by atoms with Crippen LogP contribution < -0.4 is 0 Å². The number of thiocarbonyl (C=S) groups is 1. The highest BCUT2D eigenvalue weighted by atomic mass is 32.2. The Hall–Kier alpha value is -3.43. The lowest BCUT2D eigenvalue weighted by Crippen LogP contribution is -2.29. The van der Waals surface area contributed by atoms with Crippen molar-refractivity contribution in [1.82, 2.24) is 30.5 Å². The van der Waals surface area contributed by atoms with E-state index in [0.29, 0.717) is 21.6 Å². The van der Waals surface area contributed by atoms with Crippen molar-refractivity contribution in [3.63, 3.8) is 0 Å². The second-order valence-electron chi connectivity index (χ2n) is 7.65. The van der Waals surface area contributed by atoms with Gasteiger partial charge in [-0.25, -0.2) is 0 Å². The van der Waals surface area contributed by atoms with Crippen molar-refractivity contribution in [2.75, 3.05) is 6.54 Å². The standard InChI is InChI=1S/C24H20N6OS2/c31-23-21(33-24(32)30(23)12-2-1-8-22-26-28-29-27-22)14-16-5-3-6-17(13-16)18-9-10-20-19(15-18)7-4-11-25-20/h3-7,9-11,13-15H,1-2,8,12H2,(H,26,27,28,29). The molecule has 3 heterocycles.